The van der Waals surface area contributed by atoms with Crippen molar-refractivity contribution in [3.63, 3.8) is 0 Å². The quantitative estimate of drug-likeness (QED) is 0.684. The van der Waals surface area contributed by atoms with Gasteiger partial charge in [0.05, 0.1) is 12.2 Å². The maximum Gasteiger partial charge on any atom is 0.114 e. The number of hydrogen-bond donors (Lipinski definition) is 2. The normalized spacial score (nSPS) is 21.2. The molecule has 0 heterocycles. The molecule has 0 saturated heterocycles. The molecule has 0 aromatic heterocycles. The van der Waals surface area contributed by atoms with E-state index in [4.69, 9.17) is 4.74 Å². The summed E-state index contributed by atoms with van der Waals surface area (Å²) in [4.78, 5) is 0. The second-order valence-electron chi connectivity index (χ2n) is 4.05. The molecule has 80 valence electrons. The Bertz CT molecular complexity index is 135. The van der Waals surface area contributed by atoms with E-state index in [2.05, 4.69) is 0 Å². The highest BCUT2D eigenvalue weighted by atomic mass is 16.5. The molecule has 3 nitrogen and oxygen atoms in total. The molecule has 0 aliphatic carbocycles. The number of aliphatic hydroxyl groups is 2. The van der Waals surface area contributed by atoms with Crippen LogP contribution < -0.4 is 0 Å². The lowest BCUT2D eigenvalue weighted by Gasteiger charge is -2.37. The molecule has 13 heavy (non-hydrogen) atoms. The monoisotopic (exact) mass is 190 g/mol. The minimum absolute atomic E-state index is 0.0270. The molecule has 0 bridgehead atoms. The molecule has 0 aromatic rings. The molecular weight excluding hydrogens is 168 g/mol. The first-order valence-corrected chi connectivity index (χ1v) is 4.81. The third-order valence-corrected chi connectivity index (χ3v) is 2.54. The fourth-order valence-corrected chi connectivity index (χ4v) is 1.68. The van der Waals surface area contributed by atoms with Crippen molar-refractivity contribution in [2.75, 3.05) is 7.11 Å². The highest BCUT2D eigenvalue weighted by Gasteiger charge is 2.39. The molecule has 0 amide bonds. The number of methoxy groups -OCH3 is 1. The molecule has 1 unspecified atom stereocenters. The van der Waals surface area contributed by atoms with Crippen molar-refractivity contribution in [3.05, 3.63) is 0 Å². The van der Waals surface area contributed by atoms with Crippen molar-refractivity contribution in [2.45, 2.75) is 51.9 Å². The summed E-state index contributed by atoms with van der Waals surface area (Å²) in [5.41, 5.74) is -1.17. The first-order chi connectivity index (χ1) is 5.87. The minimum Gasteiger partial charge on any atom is -0.390 e. The average Bonchev–Trinajstić information content (AvgIpc) is 2.04. The Balaban J connectivity index is 4.51. The maximum absolute atomic E-state index is 10.0. The van der Waals surface area contributed by atoms with E-state index in [-0.39, 0.29) is 12.0 Å². The van der Waals surface area contributed by atoms with Gasteiger partial charge >= 0.3 is 0 Å². The number of hydrogen-bond acceptors (Lipinski definition) is 3. The molecule has 2 N–H and O–H groups in total. The SMILES string of the molecule is CC[C@@H](OC)[C@@](C)(O)C(O)C(C)C. The van der Waals surface area contributed by atoms with Gasteiger partial charge in [-0.15, -0.1) is 0 Å². The summed E-state index contributed by atoms with van der Waals surface area (Å²) in [6.45, 7) is 7.30. The van der Waals surface area contributed by atoms with E-state index in [9.17, 15) is 10.2 Å². The summed E-state index contributed by atoms with van der Waals surface area (Å²) in [5.74, 6) is 0.0270. The van der Waals surface area contributed by atoms with Gasteiger partial charge in [-0.3, -0.25) is 0 Å². The Morgan fingerprint density at radius 2 is 1.85 bits per heavy atom. The zero-order valence-corrected chi connectivity index (χ0v) is 9.24. The van der Waals surface area contributed by atoms with Crippen LogP contribution in [-0.4, -0.2) is 35.1 Å². The van der Waals surface area contributed by atoms with Crippen LogP contribution in [0.4, 0.5) is 0 Å². The summed E-state index contributed by atoms with van der Waals surface area (Å²) < 4.78 is 5.13. The predicted octanol–water partition coefficient (Wildman–Crippen LogP) is 1.18. The second kappa shape index (κ2) is 4.94. The molecule has 0 spiro atoms. The van der Waals surface area contributed by atoms with Crippen LogP contribution in [-0.2, 0) is 4.74 Å². The highest BCUT2D eigenvalue weighted by molar-refractivity contribution is 4.90. The largest absolute Gasteiger partial charge is 0.390 e. The Morgan fingerprint density at radius 3 is 2.08 bits per heavy atom. The fraction of sp³-hybridized carbons (Fsp3) is 1.00. The molecule has 0 fully saturated rings. The minimum atomic E-state index is -1.17. The average molecular weight is 190 g/mol. The fourth-order valence-electron chi connectivity index (χ4n) is 1.68. The third kappa shape index (κ3) is 2.93. The van der Waals surface area contributed by atoms with Crippen LogP contribution in [0.5, 0.6) is 0 Å². The van der Waals surface area contributed by atoms with E-state index >= 15 is 0 Å². The van der Waals surface area contributed by atoms with Gasteiger partial charge in [-0.2, -0.15) is 0 Å². The van der Waals surface area contributed by atoms with Crippen LogP contribution in [0.3, 0.4) is 0 Å². The van der Waals surface area contributed by atoms with Gasteiger partial charge in [0.1, 0.15) is 5.60 Å². The smallest absolute Gasteiger partial charge is 0.114 e. The van der Waals surface area contributed by atoms with E-state index in [1.807, 2.05) is 20.8 Å². The topological polar surface area (TPSA) is 49.7 Å². The Kier molecular flexibility index (Phi) is 4.89. The van der Waals surface area contributed by atoms with E-state index < -0.39 is 11.7 Å². The molecule has 3 heteroatoms. The predicted molar refractivity (Wildman–Crippen MR) is 52.6 cm³/mol. The van der Waals surface area contributed by atoms with Crippen LogP contribution in [0.15, 0.2) is 0 Å². The van der Waals surface area contributed by atoms with Crippen molar-refractivity contribution in [3.8, 4) is 0 Å². The van der Waals surface area contributed by atoms with Crippen LogP contribution in [0.1, 0.15) is 34.1 Å². The summed E-state index contributed by atoms with van der Waals surface area (Å²) in [5, 5.41) is 19.8. The van der Waals surface area contributed by atoms with Gasteiger partial charge in [-0.05, 0) is 19.3 Å². The molecule has 3 atom stereocenters. The lowest BCUT2D eigenvalue weighted by Crippen LogP contribution is -2.52. The highest BCUT2D eigenvalue weighted by Crippen LogP contribution is 2.24. The van der Waals surface area contributed by atoms with Crippen LogP contribution >= 0.6 is 0 Å². The zero-order valence-electron chi connectivity index (χ0n) is 9.24. The van der Waals surface area contributed by atoms with Gasteiger partial charge in [0.2, 0.25) is 0 Å². The van der Waals surface area contributed by atoms with Gasteiger partial charge in [0.25, 0.3) is 0 Å². The number of ether oxygens (including phenoxy) is 1. The Hall–Kier alpha value is -0.120. The summed E-state index contributed by atoms with van der Waals surface area (Å²) >= 11 is 0. The molecule has 0 aliphatic rings. The third-order valence-electron chi connectivity index (χ3n) is 2.54. The first-order valence-electron chi connectivity index (χ1n) is 4.81. The van der Waals surface area contributed by atoms with Crippen molar-refractivity contribution >= 4 is 0 Å². The van der Waals surface area contributed by atoms with E-state index in [1.165, 1.54) is 0 Å². The standard InChI is InChI=1S/C10H22O3/c1-6-8(13-5)10(4,12)9(11)7(2)3/h7-9,11-12H,6H2,1-5H3/t8-,9?,10-/m1/s1. The van der Waals surface area contributed by atoms with Crippen molar-refractivity contribution < 1.29 is 14.9 Å². The molecule has 0 aliphatic heterocycles. The molecule has 0 radical (unpaired) electrons. The van der Waals surface area contributed by atoms with Crippen LogP contribution in [0, 0.1) is 5.92 Å². The molecule has 0 rings (SSSR count). The van der Waals surface area contributed by atoms with E-state index in [1.54, 1.807) is 14.0 Å². The summed E-state index contributed by atoms with van der Waals surface area (Å²) in [7, 11) is 1.55. The van der Waals surface area contributed by atoms with Gasteiger partial charge in [0.15, 0.2) is 0 Å². The number of rotatable bonds is 5. The number of aliphatic hydroxyl groups excluding tert-OH is 1. The first kappa shape index (κ1) is 12.9. The lowest BCUT2D eigenvalue weighted by molar-refractivity contribution is -0.158. The van der Waals surface area contributed by atoms with Gasteiger partial charge in [0, 0.05) is 7.11 Å². The van der Waals surface area contributed by atoms with Crippen LogP contribution in [0.25, 0.3) is 0 Å². The summed E-state index contributed by atoms with van der Waals surface area (Å²) in [6, 6.07) is 0. The van der Waals surface area contributed by atoms with Crippen molar-refractivity contribution in [1.29, 1.82) is 0 Å². The van der Waals surface area contributed by atoms with Gasteiger partial charge in [-0.1, -0.05) is 20.8 Å². The molecule has 0 saturated carbocycles. The maximum atomic E-state index is 10.0. The van der Waals surface area contributed by atoms with E-state index in [0.29, 0.717) is 6.42 Å². The Morgan fingerprint density at radius 1 is 1.38 bits per heavy atom. The van der Waals surface area contributed by atoms with E-state index in [0.717, 1.165) is 0 Å². The van der Waals surface area contributed by atoms with Gasteiger partial charge in [-0.25, -0.2) is 0 Å². The lowest BCUT2D eigenvalue weighted by atomic mass is 9.84. The second-order valence-corrected chi connectivity index (χ2v) is 4.05. The van der Waals surface area contributed by atoms with Crippen molar-refractivity contribution in [2.24, 2.45) is 5.92 Å². The summed E-state index contributed by atoms with van der Waals surface area (Å²) in [6.07, 6.45) is -0.380. The van der Waals surface area contributed by atoms with Gasteiger partial charge < -0.3 is 14.9 Å². The zero-order chi connectivity index (χ0) is 10.6. The molecule has 0 aromatic carbocycles. The Labute approximate surface area is 80.7 Å². The van der Waals surface area contributed by atoms with Crippen LogP contribution in [0.2, 0.25) is 0 Å². The molecular formula is C10H22O3. The van der Waals surface area contributed by atoms with Crippen molar-refractivity contribution in [1.82, 2.24) is 0 Å².